The normalized spacial score (nSPS) is 14.5. The molecule has 1 aliphatic heterocycles. The molecule has 0 spiro atoms. The lowest BCUT2D eigenvalue weighted by molar-refractivity contribution is -0.265. The third-order valence-electron chi connectivity index (χ3n) is 5.04. The van der Waals surface area contributed by atoms with Gasteiger partial charge in [-0.25, -0.2) is 23.7 Å². The number of anilines is 1. The Morgan fingerprint density at radius 1 is 1.16 bits per heavy atom. The van der Waals surface area contributed by atoms with E-state index in [1.807, 2.05) is 4.90 Å². The SMILES string of the molecule is COc1cccc2c1nc(C(F)F)n2-c1cc(N2CCN(C(=O)[O-])CC2)nc(SC)n1. The first kappa shape index (κ1) is 21.1. The Morgan fingerprint density at radius 2 is 1.87 bits per heavy atom. The predicted molar refractivity (Wildman–Crippen MR) is 109 cm³/mol. The molecule has 4 rings (SSSR count). The second-order valence-electron chi connectivity index (χ2n) is 6.75. The van der Waals surface area contributed by atoms with Crippen molar-refractivity contribution in [2.24, 2.45) is 0 Å². The number of carbonyl (C=O) groups is 1. The Kier molecular flexibility index (Phi) is 5.81. The fourth-order valence-electron chi connectivity index (χ4n) is 3.53. The monoisotopic (exact) mass is 449 g/mol. The fraction of sp³-hybridized carbons (Fsp3) is 0.368. The van der Waals surface area contributed by atoms with Crippen LogP contribution in [-0.4, -0.2) is 70.1 Å². The van der Waals surface area contributed by atoms with E-state index in [0.717, 1.165) is 0 Å². The van der Waals surface area contributed by atoms with Crippen LogP contribution in [0.1, 0.15) is 12.2 Å². The van der Waals surface area contributed by atoms with Crippen molar-refractivity contribution < 1.29 is 23.4 Å². The van der Waals surface area contributed by atoms with Crippen LogP contribution >= 0.6 is 11.8 Å². The summed E-state index contributed by atoms with van der Waals surface area (Å²) in [5, 5.41) is 11.5. The molecule has 0 atom stereocenters. The number of nitrogens with zero attached hydrogens (tertiary/aromatic N) is 6. The van der Waals surface area contributed by atoms with Crippen molar-refractivity contribution in [1.29, 1.82) is 0 Å². The van der Waals surface area contributed by atoms with Gasteiger partial charge in [0.1, 0.15) is 29.0 Å². The summed E-state index contributed by atoms with van der Waals surface area (Å²) in [6, 6.07) is 6.65. The van der Waals surface area contributed by atoms with Crippen LogP contribution in [0.4, 0.5) is 19.4 Å². The summed E-state index contributed by atoms with van der Waals surface area (Å²) in [4.78, 5) is 27.2. The number of thioether (sulfide) groups is 1. The molecule has 0 radical (unpaired) electrons. The van der Waals surface area contributed by atoms with Gasteiger partial charge in [-0.1, -0.05) is 17.8 Å². The third-order valence-corrected chi connectivity index (χ3v) is 5.59. The largest absolute Gasteiger partial charge is 0.530 e. The number of para-hydroxylation sites is 1. The number of carbonyl (C=O) groups excluding carboxylic acids is 1. The van der Waals surface area contributed by atoms with E-state index in [2.05, 4.69) is 15.0 Å². The van der Waals surface area contributed by atoms with Crippen molar-refractivity contribution in [3.05, 3.63) is 30.1 Å². The molecular formula is C19H19F2N6O3S-. The standard InChI is InChI=1S/C19H20F2N6O3S/c1-30-12-5-3-4-11-15(12)24-17(16(20)21)27(11)14-10-13(22-18(23-14)31-2)25-6-8-26(9-7-25)19(28)29/h3-5,10,16H,6-9H2,1-2H3,(H,28,29)/p-1. The van der Waals surface area contributed by atoms with Gasteiger partial charge < -0.3 is 24.4 Å². The van der Waals surface area contributed by atoms with Crippen molar-refractivity contribution in [3.63, 3.8) is 0 Å². The third kappa shape index (κ3) is 3.94. The molecule has 1 aliphatic rings. The minimum Gasteiger partial charge on any atom is -0.530 e. The quantitative estimate of drug-likeness (QED) is 0.431. The molecule has 1 saturated heterocycles. The van der Waals surface area contributed by atoms with E-state index in [0.29, 0.717) is 40.8 Å². The molecule has 0 saturated carbocycles. The number of hydrogen-bond acceptors (Lipinski definition) is 8. The lowest BCUT2D eigenvalue weighted by Gasteiger charge is -2.36. The number of fused-ring (bicyclic) bond motifs is 1. The molecule has 0 aliphatic carbocycles. The molecule has 0 unspecified atom stereocenters. The van der Waals surface area contributed by atoms with E-state index >= 15 is 0 Å². The first-order valence-corrected chi connectivity index (χ1v) is 10.6. The van der Waals surface area contributed by atoms with Crippen LogP contribution in [0.5, 0.6) is 5.75 Å². The topological polar surface area (TPSA) is 99.4 Å². The van der Waals surface area contributed by atoms with Crippen molar-refractivity contribution in [3.8, 4) is 11.6 Å². The Bertz CT molecular complexity index is 1120. The average molecular weight is 449 g/mol. The maximum Gasteiger partial charge on any atom is 0.296 e. The number of imidazole rings is 1. The first-order valence-electron chi connectivity index (χ1n) is 9.40. The van der Waals surface area contributed by atoms with E-state index in [-0.39, 0.29) is 18.9 Å². The van der Waals surface area contributed by atoms with Crippen LogP contribution in [0.25, 0.3) is 16.9 Å². The van der Waals surface area contributed by atoms with Gasteiger partial charge in [0.05, 0.1) is 12.6 Å². The minimum absolute atomic E-state index is 0.253. The van der Waals surface area contributed by atoms with Crippen molar-refractivity contribution in [2.75, 3.05) is 44.4 Å². The second-order valence-corrected chi connectivity index (χ2v) is 7.52. The van der Waals surface area contributed by atoms with E-state index in [1.54, 1.807) is 30.5 Å². The highest BCUT2D eigenvalue weighted by Crippen LogP contribution is 2.33. The molecule has 0 bridgehead atoms. The fourth-order valence-corrected chi connectivity index (χ4v) is 3.90. The number of alkyl halides is 2. The number of hydrogen-bond donors (Lipinski definition) is 0. The maximum absolute atomic E-state index is 13.9. The number of benzene rings is 1. The molecule has 1 aromatic carbocycles. The number of ether oxygens (including phenoxy) is 1. The van der Waals surface area contributed by atoms with Gasteiger partial charge in [-0.05, 0) is 18.4 Å². The zero-order chi connectivity index (χ0) is 22.1. The van der Waals surface area contributed by atoms with Crippen LogP contribution in [-0.2, 0) is 0 Å². The number of amides is 1. The lowest BCUT2D eigenvalue weighted by atomic mass is 10.3. The summed E-state index contributed by atoms with van der Waals surface area (Å²) in [6.07, 6.45) is -2.26. The van der Waals surface area contributed by atoms with Crippen molar-refractivity contribution in [2.45, 2.75) is 11.6 Å². The molecule has 3 heterocycles. The van der Waals surface area contributed by atoms with Gasteiger partial charge in [0.2, 0.25) is 0 Å². The van der Waals surface area contributed by atoms with E-state index in [4.69, 9.17) is 4.74 Å². The number of rotatable bonds is 5. The van der Waals surface area contributed by atoms with Crippen LogP contribution in [0.2, 0.25) is 0 Å². The number of carboxylic acid groups (broad SMARTS) is 1. The van der Waals surface area contributed by atoms with Gasteiger partial charge in [-0.15, -0.1) is 0 Å². The summed E-state index contributed by atoms with van der Waals surface area (Å²) in [7, 11) is 1.46. The van der Waals surface area contributed by atoms with Crippen molar-refractivity contribution >= 4 is 34.7 Å². The van der Waals surface area contributed by atoms with Gasteiger partial charge >= 0.3 is 0 Å². The molecule has 1 fully saturated rings. The smallest absolute Gasteiger partial charge is 0.296 e. The summed E-state index contributed by atoms with van der Waals surface area (Å²) >= 11 is 1.28. The molecule has 12 heteroatoms. The summed E-state index contributed by atoms with van der Waals surface area (Å²) in [6.45, 7) is 1.34. The van der Waals surface area contributed by atoms with E-state index in [1.165, 1.54) is 28.3 Å². The lowest BCUT2D eigenvalue weighted by Crippen LogP contribution is -2.52. The highest BCUT2D eigenvalue weighted by Gasteiger charge is 2.25. The molecule has 9 nitrogen and oxygen atoms in total. The zero-order valence-electron chi connectivity index (χ0n) is 16.8. The molecule has 164 valence electrons. The molecule has 0 N–H and O–H groups in total. The first-order chi connectivity index (χ1) is 14.9. The Hall–Kier alpha value is -3.15. The second kappa shape index (κ2) is 8.53. The maximum atomic E-state index is 13.9. The molecule has 2 aromatic heterocycles. The van der Waals surface area contributed by atoms with Gasteiger partial charge in [-0.2, -0.15) is 0 Å². The number of piperazine rings is 1. The Balaban J connectivity index is 1.82. The van der Waals surface area contributed by atoms with Crippen molar-refractivity contribution in [1.82, 2.24) is 24.4 Å². The zero-order valence-corrected chi connectivity index (χ0v) is 17.6. The van der Waals surface area contributed by atoms with E-state index < -0.39 is 18.3 Å². The highest BCUT2D eigenvalue weighted by molar-refractivity contribution is 7.98. The molecule has 3 aromatic rings. The Morgan fingerprint density at radius 3 is 2.48 bits per heavy atom. The van der Waals surface area contributed by atoms with E-state index in [9.17, 15) is 18.7 Å². The van der Waals surface area contributed by atoms with Gasteiger partial charge in [-0.3, -0.25) is 4.57 Å². The molecular weight excluding hydrogens is 430 g/mol. The van der Waals surface area contributed by atoms with Gasteiger partial charge in [0, 0.05) is 32.2 Å². The van der Waals surface area contributed by atoms with Crippen LogP contribution in [0, 0.1) is 0 Å². The van der Waals surface area contributed by atoms with Gasteiger partial charge in [0.15, 0.2) is 11.0 Å². The number of aromatic nitrogens is 4. The molecule has 31 heavy (non-hydrogen) atoms. The van der Waals surface area contributed by atoms with Crippen LogP contribution < -0.4 is 14.7 Å². The number of halogens is 2. The summed E-state index contributed by atoms with van der Waals surface area (Å²) in [5.41, 5.74) is 0.752. The highest BCUT2D eigenvalue weighted by atomic mass is 32.2. The number of methoxy groups -OCH3 is 1. The molecule has 1 amide bonds. The minimum atomic E-state index is -2.83. The van der Waals surface area contributed by atoms with Crippen LogP contribution in [0.15, 0.2) is 29.4 Å². The Labute approximate surface area is 180 Å². The van der Waals surface area contributed by atoms with Gasteiger partial charge in [0.25, 0.3) is 6.43 Å². The average Bonchev–Trinajstić information content (AvgIpc) is 3.19. The summed E-state index contributed by atoms with van der Waals surface area (Å²) in [5.74, 6) is 0.717. The summed E-state index contributed by atoms with van der Waals surface area (Å²) < 4.78 is 34.4. The van der Waals surface area contributed by atoms with Crippen LogP contribution in [0.3, 0.4) is 0 Å². The predicted octanol–water partition coefficient (Wildman–Crippen LogP) is 1.95.